The van der Waals surface area contributed by atoms with Crippen molar-refractivity contribution in [2.24, 2.45) is 13.0 Å². The SMILES string of the molecule is Cn1ccc2cc(S(=O)(=O)N3CCCC(C(=O)NC4CCCC4)C3)ccc21. The average Bonchev–Trinajstić information content (AvgIpc) is 3.31. The molecular weight excluding hydrogens is 362 g/mol. The summed E-state index contributed by atoms with van der Waals surface area (Å²) in [5.74, 6) is -0.241. The summed E-state index contributed by atoms with van der Waals surface area (Å²) in [6.07, 6.45) is 7.80. The second-order valence-electron chi connectivity index (χ2n) is 7.84. The molecule has 0 radical (unpaired) electrons. The van der Waals surface area contributed by atoms with Crippen LogP contribution in [-0.2, 0) is 21.9 Å². The Morgan fingerprint density at radius 3 is 2.67 bits per heavy atom. The molecule has 0 spiro atoms. The van der Waals surface area contributed by atoms with Crippen LogP contribution in [0.15, 0.2) is 35.4 Å². The van der Waals surface area contributed by atoms with Crippen LogP contribution in [-0.4, -0.2) is 42.3 Å². The van der Waals surface area contributed by atoms with Crippen LogP contribution >= 0.6 is 0 Å². The minimum atomic E-state index is -3.59. The van der Waals surface area contributed by atoms with E-state index in [-0.39, 0.29) is 24.4 Å². The van der Waals surface area contributed by atoms with Gasteiger partial charge < -0.3 is 9.88 Å². The van der Waals surface area contributed by atoms with Gasteiger partial charge in [-0.2, -0.15) is 4.31 Å². The topological polar surface area (TPSA) is 71.4 Å². The lowest BCUT2D eigenvalue weighted by molar-refractivity contribution is -0.126. The lowest BCUT2D eigenvalue weighted by atomic mass is 9.98. The van der Waals surface area contributed by atoms with Gasteiger partial charge in [-0.05, 0) is 49.9 Å². The molecule has 1 saturated heterocycles. The first kappa shape index (κ1) is 18.5. The van der Waals surface area contributed by atoms with Gasteiger partial charge in [0.15, 0.2) is 0 Å². The van der Waals surface area contributed by atoms with Crippen molar-refractivity contribution in [2.75, 3.05) is 13.1 Å². The number of hydrogen-bond donors (Lipinski definition) is 1. The Balaban J connectivity index is 1.50. The summed E-state index contributed by atoms with van der Waals surface area (Å²) in [5.41, 5.74) is 1.00. The van der Waals surface area contributed by atoms with Crippen LogP contribution < -0.4 is 5.32 Å². The molecule has 1 aliphatic carbocycles. The lowest BCUT2D eigenvalue weighted by Crippen LogP contribution is -2.47. The third-order valence-corrected chi connectivity index (χ3v) is 7.81. The summed E-state index contributed by atoms with van der Waals surface area (Å²) >= 11 is 0. The zero-order valence-electron chi connectivity index (χ0n) is 15.7. The molecule has 1 amide bonds. The Morgan fingerprint density at radius 2 is 1.89 bits per heavy atom. The van der Waals surface area contributed by atoms with Gasteiger partial charge in [0.2, 0.25) is 15.9 Å². The molecular formula is C20H27N3O3S. The molecule has 1 atom stereocenters. The molecule has 2 heterocycles. The summed E-state index contributed by atoms with van der Waals surface area (Å²) in [6, 6.07) is 7.43. The fraction of sp³-hybridized carbons (Fsp3) is 0.550. The number of aryl methyl sites for hydroxylation is 1. The summed E-state index contributed by atoms with van der Waals surface area (Å²) in [7, 11) is -1.65. The van der Waals surface area contributed by atoms with Crippen LogP contribution in [0.3, 0.4) is 0 Å². The molecule has 1 aromatic carbocycles. The number of carbonyl (C=O) groups is 1. The zero-order chi connectivity index (χ0) is 19.0. The van der Waals surface area contributed by atoms with Crippen LogP contribution in [0, 0.1) is 5.92 Å². The maximum absolute atomic E-state index is 13.1. The van der Waals surface area contributed by atoms with Crippen molar-refractivity contribution in [3.05, 3.63) is 30.5 Å². The van der Waals surface area contributed by atoms with Gasteiger partial charge in [0.05, 0.1) is 10.8 Å². The standard InChI is InChI=1S/C20H27N3O3S/c1-22-12-10-15-13-18(8-9-19(15)22)27(25,26)23-11-4-5-16(14-23)20(24)21-17-6-2-3-7-17/h8-10,12-13,16-17H,2-7,11,14H2,1H3,(H,21,24). The highest BCUT2D eigenvalue weighted by molar-refractivity contribution is 7.89. The van der Waals surface area contributed by atoms with E-state index in [9.17, 15) is 13.2 Å². The van der Waals surface area contributed by atoms with Gasteiger partial charge in [-0.15, -0.1) is 0 Å². The van der Waals surface area contributed by atoms with E-state index in [0.717, 1.165) is 49.4 Å². The normalized spacial score (nSPS) is 22.3. The Labute approximate surface area is 160 Å². The predicted octanol–water partition coefficient (Wildman–Crippen LogP) is 2.64. The first-order valence-corrected chi connectivity index (χ1v) is 11.2. The first-order valence-electron chi connectivity index (χ1n) is 9.81. The molecule has 27 heavy (non-hydrogen) atoms. The van der Waals surface area contributed by atoms with E-state index < -0.39 is 10.0 Å². The van der Waals surface area contributed by atoms with E-state index in [4.69, 9.17) is 0 Å². The average molecular weight is 390 g/mol. The number of nitrogens with one attached hydrogen (secondary N) is 1. The Morgan fingerprint density at radius 1 is 1.11 bits per heavy atom. The second kappa shape index (κ2) is 7.28. The van der Waals surface area contributed by atoms with Gasteiger partial charge in [-0.25, -0.2) is 8.42 Å². The molecule has 1 saturated carbocycles. The Kier molecular flexibility index (Phi) is 4.99. The molecule has 0 bridgehead atoms. The molecule has 4 rings (SSSR count). The van der Waals surface area contributed by atoms with Crippen LogP contribution in [0.4, 0.5) is 0 Å². The summed E-state index contributed by atoms with van der Waals surface area (Å²) in [5, 5.41) is 4.03. The maximum Gasteiger partial charge on any atom is 0.243 e. The van der Waals surface area contributed by atoms with Gasteiger partial charge in [0.25, 0.3) is 0 Å². The van der Waals surface area contributed by atoms with E-state index in [1.165, 1.54) is 4.31 Å². The summed E-state index contributed by atoms with van der Waals surface area (Å²) in [6.45, 7) is 0.746. The summed E-state index contributed by atoms with van der Waals surface area (Å²) < 4.78 is 29.7. The minimum Gasteiger partial charge on any atom is -0.353 e. The van der Waals surface area contributed by atoms with Crippen molar-refractivity contribution in [2.45, 2.75) is 49.5 Å². The number of aromatic nitrogens is 1. The lowest BCUT2D eigenvalue weighted by Gasteiger charge is -2.31. The van der Waals surface area contributed by atoms with Gasteiger partial charge >= 0.3 is 0 Å². The number of amides is 1. The monoisotopic (exact) mass is 389 g/mol. The fourth-order valence-corrected chi connectivity index (χ4v) is 5.89. The number of sulfonamides is 1. The number of benzene rings is 1. The van der Waals surface area contributed by atoms with Gasteiger partial charge in [0.1, 0.15) is 0 Å². The molecule has 2 fully saturated rings. The van der Waals surface area contributed by atoms with E-state index in [1.807, 2.05) is 29.9 Å². The quantitative estimate of drug-likeness (QED) is 0.874. The summed E-state index contributed by atoms with van der Waals surface area (Å²) in [4.78, 5) is 12.9. The van der Waals surface area contributed by atoms with E-state index >= 15 is 0 Å². The van der Waals surface area contributed by atoms with Crippen molar-refractivity contribution >= 4 is 26.8 Å². The van der Waals surface area contributed by atoms with Crippen LogP contribution in [0.2, 0.25) is 0 Å². The van der Waals surface area contributed by atoms with Gasteiger partial charge in [-0.3, -0.25) is 4.79 Å². The zero-order valence-corrected chi connectivity index (χ0v) is 16.5. The minimum absolute atomic E-state index is 0.0142. The second-order valence-corrected chi connectivity index (χ2v) is 9.78. The highest BCUT2D eigenvalue weighted by atomic mass is 32.2. The van der Waals surface area contributed by atoms with Crippen molar-refractivity contribution < 1.29 is 13.2 Å². The number of nitrogens with zero attached hydrogens (tertiary/aromatic N) is 2. The van der Waals surface area contributed by atoms with Gasteiger partial charge in [0, 0.05) is 43.3 Å². The number of piperidine rings is 1. The molecule has 1 aromatic heterocycles. The maximum atomic E-state index is 13.1. The molecule has 7 heteroatoms. The predicted molar refractivity (Wildman–Crippen MR) is 105 cm³/mol. The van der Waals surface area contributed by atoms with E-state index in [1.54, 1.807) is 12.1 Å². The van der Waals surface area contributed by atoms with Crippen LogP contribution in [0.5, 0.6) is 0 Å². The highest BCUT2D eigenvalue weighted by Gasteiger charge is 2.34. The molecule has 6 nitrogen and oxygen atoms in total. The van der Waals surface area contributed by atoms with Crippen LogP contribution in [0.1, 0.15) is 38.5 Å². The third-order valence-electron chi connectivity index (χ3n) is 5.95. The molecule has 146 valence electrons. The highest BCUT2D eigenvalue weighted by Crippen LogP contribution is 2.27. The Bertz CT molecular complexity index is 945. The Hall–Kier alpha value is -1.86. The van der Waals surface area contributed by atoms with E-state index in [0.29, 0.717) is 11.4 Å². The largest absolute Gasteiger partial charge is 0.353 e. The third kappa shape index (κ3) is 3.62. The smallest absolute Gasteiger partial charge is 0.243 e. The van der Waals surface area contributed by atoms with Crippen molar-refractivity contribution in [1.82, 2.24) is 14.2 Å². The van der Waals surface area contributed by atoms with Crippen LogP contribution in [0.25, 0.3) is 10.9 Å². The van der Waals surface area contributed by atoms with E-state index in [2.05, 4.69) is 5.32 Å². The molecule has 1 aliphatic heterocycles. The molecule has 2 aliphatic rings. The van der Waals surface area contributed by atoms with Crippen molar-refractivity contribution in [3.63, 3.8) is 0 Å². The number of fused-ring (bicyclic) bond motifs is 1. The molecule has 2 aromatic rings. The van der Waals surface area contributed by atoms with Crippen molar-refractivity contribution in [1.29, 1.82) is 0 Å². The van der Waals surface area contributed by atoms with Crippen molar-refractivity contribution in [3.8, 4) is 0 Å². The molecule has 1 N–H and O–H groups in total. The number of rotatable bonds is 4. The fourth-order valence-electron chi connectivity index (χ4n) is 4.33. The first-order chi connectivity index (χ1) is 12.9. The van der Waals surface area contributed by atoms with Gasteiger partial charge in [-0.1, -0.05) is 12.8 Å². The number of hydrogen-bond acceptors (Lipinski definition) is 3. The number of carbonyl (C=O) groups excluding carboxylic acids is 1. The molecule has 1 unspecified atom stereocenters.